The van der Waals surface area contributed by atoms with Crippen LogP contribution in [0.2, 0.25) is 0 Å². The van der Waals surface area contributed by atoms with E-state index in [9.17, 15) is 9.59 Å². The number of nitrogens with one attached hydrogen (secondary N) is 1. The van der Waals surface area contributed by atoms with Crippen LogP contribution in [0.4, 0.5) is 0 Å². The van der Waals surface area contributed by atoms with Crippen molar-refractivity contribution in [2.45, 2.75) is 62.6 Å². The number of carbonyl (C=O) groups excluding carboxylic acids is 2. The largest absolute Gasteiger partial charge is 0.368 e. The molecule has 0 aromatic carbocycles. The van der Waals surface area contributed by atoms with Crippen LogP contribution in [0, 0.1) is 5.92 Å². The number of carbonyl (C=O) groups is 2. The minimum atomic E-state index is -0.252. The fourth-order valence-electron chi connectivity index (χ4n) is 4.55. The summed E-state index contributed by atoms with van der Waals surface area (Å²) in [7, 11) is 2.00. The lowest BCUT2D eigenvalue weighted by Crippen LogP contribution is -2.73. The van der Waals surface area contributed by atoms with Gasteiger partial charge in [0.1, 0.15) is 11.6 Å². The summed E-state index contributed by atoms with van der Waals surface area (Å²) in [5.41, 5.74) is -0.252. The second kappa shape index (κ2) is 6.30. The van der Waals surface area contributed by atoms with Gasteiger partial charge in [-0.3, -0.25) is 14.5 Å². The van der Waals surface area contributed by atoms with Crippen LogP contribution in [0.15, 0.2) is 0 Å². The third kappa shape index (κ3) is 2.94. The quantitative estimate of drug-likeness (QED) is 0.827. The standard InChI is InChI=1S/C18H29N3O3/c1-20-10-18(11-21(12-18)17(23)13-5-4-6-13)24-9-15(20)16(22)19-14-7-2-3-8-14/h13-15H,2-12H2,1H3,(H,19,22)/t15-/m0/s1. The topological polar surface area (TPSA) is 61.9 Å². The lowest BCUT2D eigenvalue weighted by atomic mass is 9.81. The van der Waals surface area contributed by atoms with Gasteiger partial charge in [0.25, 0.3) is 0 Å². The van der Waals surface area contributed by atoms with Gasteiger partial charge in [0.05, 0.1) is 19.7 Å². The number of amides is 2. The highest BCUT2D eigenvalue weighted by molar-refractivity contribution is 5.82. The van der Waals surface area contributed by atoms with Crippen molar-refractivity contribution in [1.82, 2.24) is 15.1 Å². The van der Waals surface area contributed by atoms with Crippen molar-refractivity contribution in [1.29, 1.82) is 0 Å². The van der Waals surface area contributed by atoms with Gasteiger partial charge in [-0.2, -0.15) is 0 Å². The van der Waals surface area contributed by atoms with E-state index in [1.54, 1.807) is 0 Å². The molecule has 2 saturated carbocycles. The summed E-state index contributed by atoms with van der Waals surface area (Å²) in [6.07, 6.45) is 7.92. The number of hydrogen-bond acceptors (Lipinski definition) is 4. The maximum Gasteiger partial charge on any atom is 0.239 e. The molecular formula is C18H29N3O3. The Morgan fingerprint density at radius 1 is 1.04 bits per heavy atom. The van der Waals surface area contributed by atoms with Crippen LogP contribution in [0.25, 0.3) is 0 Å². The minimum absolute atomic E-state index is 0.0981. The Morgan fingerprint density at radius 3 is 2.33 bits per heavy atom. The second-order valence-electron chi connectivity index (χ2n) is 8.24. The number of nitrogens with zero attached hydrogens (tertiary/aromatic N) is 2. The molecule has 4 fully saturated rings. The molecule has 0 aromatic heterocycles. The molecule has 2 aliphatic heterocycles. The normalized spacial score (nSPS) is 30.9. The predicted molar refractivity (Wildman–Crippen MR) is 89.4 cm³/mol. The van der Waals surface area contributed by atoms with Gasteiger partial charge in [-0.1, -0.05) is 19.3 Å². The lowest BCUT2D eigenvalue weighted by molar-refractivity contribution is -0.204. The van der Waals surface area contributed by atoms with Crippen molar-refractivity contribution in [3.63, 3.8) is 0 Å². The summed E-state index contributed by atoms with van der Waals surface area (Å²) in [6.45, 7) is 2.53. The van der Waals surface area contributed by atoms with E-state index in [0.29, 0.717) is 31.6 Å². The molecule has 1 atom stereocenters. The first-order chi connectivity index (χ1) is 11.6. The lowest BCUT2D eigenvalue weighted by Gasteiger charge is -2.55. The molecular weight excluding hydrogens is 306 g/mol. The number of rotatable bonds is 3. The molecule has 4 rings (SSSR count). The van der Waals surface area contributed by atoms with Crippen molar-refractivity contribution < 1.29 is 14.3 Å². The zero-order valence-electron chi connectivity index (χ0n) is 14.6. The monoisotopic (exact) mass is 335 g/mol. The Bertz CT molecular complexity index is 508. The Balaban J connectivity index is 1.27. The van der Waals surface area contributed by atoms with Crippen LogP contribution < -0.4 is 5.32 Å². The third-order valence-electron chi connectivity index (χ3n) is 6.35. The third-order valence-corrected chi connectivity index (χ3v) is 6.35. The van der Waals surface area contributed by atoms with Crippen LogP contribution >= 0.6 is 0 Å². The fraction of sp³-hybridized carbons (Fsp3) is 0.889. The molecule has 0 bridgehead atoms. The Hall–Kier alpha value is -1.14. The highest BCUT2D eigenvalue weighted by Gasteiger charge is 2.52. The molecule has 2 saturated heterocycles. The molecule has 2 heterocycles. The van der Waals surface area contributed by atoms with Crippen LogP contribution in [-0.2, 0) is 14.3 Å². The van der Waals surface area contributed by atoms with Gasteiger partial charge in [0.15, 0.2) is 0 Å². The van der Waals surface area contributed by atoms with Crippen molar-refractivity contribution in [2.75, 3.05) is 33.3 Å². The summed E-state index contributed by atoms with van der Waals surface area (Å²) in [4.78, 5) is 28.8. The molecule has 4 aliphatic rings. The average molecular weight is 335 g/mol. The Labute approximate surface area is 143 Å². The average Bonchev–Trinajstić information content (AvgIpc) is 2.95. The van der Waals surface area contributed by atoms with Crippen molar-refractivity contribution in [2.24, 2.45) is 5.92 Å². The zero-order valence-corrected chi connectivity index (χ0v) is 14.6. The van der Waals surface area contributed by atoms with Crippen molar-refractivity contribution in [3.05, 3.63) is 0 Å². The highest BCUT2D eigenvalue weighted by atomic mass is 16.5. The van der Waals surface area contributed by atoms with E-state index in [2.05, 4.69) is 10.2 Å². The first kappa shape index (κ1) is 16.3. The maximum atomic E-state index is 12.5. The molecule has 0 aromatic rings. The van der Waals surface area contributed by atoms with Crippen molar-refractivity contribution in [3.8, 4) is 0 Å². The zero-order chi connectivity index (χ0) is 16.7. The maximum absolute atomic E-state index is 12.5. The highest BCUT2D eigenvalue weighted by Crippen LogP contribution is 2.35. The molecule has 6 heteroatoms. The molecule has 134 valence electrons. The van der Waals surface area contributed by atoms with Crippen LogP contribution in [0.5, 0.6) is 0 Å². The van der Waals surface area contributed by atoms with Crippen molar-refractivity contribution >= 4 is 11.8 Å². The number of likely N-dealkylation sites (N-methyl/N-ethyl adjacent to an activating group) is 1. The molecule has 24 heavy (non-hydrogen) atoms. The number of morpholine rings is 1. The van der Waals surface area contributed by atoms with Crippen LogP contribution in [0.1, 0.15) is 44.9 Å². The van der Waals surface area contributed by atoms with Crippen LogP contribution in [0.3, 0.4) is 0 Å². The molecule has 6 nitrogen and oxygen atoms in total. The number of likely N-dealkylation sites (tertiary alicyclic amines) is 1. The first-order valence-corrected chi connectivity index (χ1v) is 9.50. The van der Waals surface area contributed by atoms with Gasteiger partial charge < -0.3 is 15.0 Å². The Kier molecular flexibility index (Phi) is 4.29. The summed E-state index contributed by atoms with van der Waals surface area (Å²) < 4.78 is 6.09. The molecule has 1 spiro atoms. The first-order valence-electron chi connectivity index (χ1n) is 9.50. The summed E-state index contributed by atoms with van der Waals surface area (Å²) in [5, 5.41) is 3.17. The van der Waals surface area contributed by atoms with Gasteiger partial charge in [-0.15, -0.1) is 0 Å². The molecule has 2 aliphatic carbocycles. The van der Waals surface area contributed by atoms with Gasteiger partial charge in [0, 0.05) is 18.5 Å². The van der Waals surface area contributed by atoms with E-state index in [4.69, 9.17) is 4.74 Å². The molecule has 0 radical (unpaired) electrons. The molecule has 1 N–H and O–H groups in total. The number of ether oxygens (including phenoxy) is 1. The van der Waals surface area contributed by atoms with Crippen LogP contribution in [-0.4, -0.2) is 72.6 Å². The van der Waals surface area contributed by atoms with E-state index >= 15 is 0 Å². The summed E-state index contributed by atoms with van der Waals surface area (Å²) >= 11 is 0. The smallest absolute Gasteiger partial charge is 0.239 e. The SMILES string of the molecule is CN1CC2(CN(C(=O)C3CCC3)C2)OC[C@H]1C(=O)NC1CCCC1. The van der Waals surface area contributed by atoms with Gasteiger partial charge in [0.2, 0.25) is 11.8 Å². The van der Waals surface area contributed by atoms with E-state index in [1.807, 2.05) is 11.9 Å². The van der Waals surface area contributed by atoms with E-state index in [-0.39, 0.29) is 23.5 Å². The minimum Gasteiger partial charge on any atom is -0.368 e. The fourth-order valence-corrected chi connectivity index (χ4v) is 4.55. The molecule has 2 amide bonds. The van der Waals surface area contributed by atoms with E-state index < -0.39 is 0 Å². The predicted octanol–water partition coefficient (Wildman–Crippen LogP) is 0.757. The summed E-state index contributed by atoms with van der Waals surface area (Å²) in [6, 6.07) is 0.147. The summed E-state index contributed by atoms with van der Waals surface area (Å²) in [5.74, 6) is 0.661. The second-order valence-corrected chi connectivity index (χ2v) is 8.24. The van der Waals surface area contributed by atoms with E-state index in [1.165, 1.54) is 19.3 Å². The number of hydrogen-bond donors (Lipinski definition) is 1. The van der Waals surface area contributed by atoms with Gasteiger partial charge in [-0.25, -0.2) is 0 Å². The Morgan fingerprint density at radius 2 is 1.75 bits per heavy atom. The van der Waals surface area contributed by atoms with Gasteiger partial charge >= 0.3 is 0 Å². The molecule has 0 unspecified atom stereocenters. The van der Waals surface area contributed by atoms with Gasteiger partial charge in [-0.05, 0) is 32.7 Å². The van der Waals surface area contributed by atoms with E-state index in [0.717, 1.165) is 32.2 Å².